The quantitative estimate of drug-likeness (QED) is 0.829. The molecule has 0 spiro atoms. The zero-order chi connectivity index (χ0) is 12.3. The van der Waals surface area contributed by atoms with Gasteiger partial charge in [0, 0.05) is 20.5 Å². The Bertz CT molecular complexity index is 511. The van der Waals surface area contributed by atoms with Gasteiger partial charge in [-0.15, -0.1) is 0 Å². The normalized spacial score (nSPS) is 10.3. The Balaban J connectivity index is 2.04. The van der Waals surface area contributed by atoms with E-state index in [0.717, 1.165) is 26.5 Å². The van der Waals surface area contributed by atoms with Crippen LogP contribution in [0.1, 0.15) is 11.3 Å². The van der Waals surface area contributed by atoms with Gasteiger partial charge in [0.2, 0.25) is 0 Å². The summed E-state index contributed by atoms with van der Waals surface area (Å²) >= 11 is 8.17. The van der Waals surface area contributed by atoms with Crippen LogP contribution < -0.4 is 5.32 Å². The van der Waals surface area contributed by atoms with Crippen molar-refractivity contribution in [2.75, 3.05) is 5.32 Å². The van der Waals surface area contributed by atoms with E-state index < -0.39 is 0 Å². The molecule has 0 amide bonds. The van der Waals surface area contributed by atoms with Crippen LogP contribution in [0.2, 0.25) is 5.02 Å². The monoisotopic (exact) mass is 358 g/mol. The lowest BCUT2D eigenvalue weighted by atomic mass is 10.2. The van der Waals surface area contributed by atoms with Crippen molar-refractivity contribution in [2.24, 2.45) is 0 Å². The molecule has 1 aromatic heterocycles. The van der Waals surface area contributed by atoms with Crippen LogP contribution in [-0.4, -0.2) is 4.98 Å². The van der Waals surface area contributed by atoms with Crippen molar-refractivity contribution >= 4 is 39.9 Å². The summed E-state index contributed by atoms with van der Waals surface area (Å²) in [4.78, 5) is 4.35. The molecular formula is C13H12ClIN2. The Hall–Kier alpha value is -0.810. The molecule has 0 atom stereocenters. The second kappa shape index (κ2) is 5.69. The number of pyridine rings is 1. The molecule has 0 aliphatic carbocycles. The van der Waals surface area contributed by atoms with Crippen molar-refractivity contribution in [1.82, 2.24) is 4.98 Å². The molecule has 0 aliphatic heterocycles. The minimum atomic E-state index is 0.720. The number of benzene rings is 1. The number of aryl methyl sites for hydroxylation is 1. The highest BCUT2D eigenvalue weighted by molar-refractivity contribution is 14.1. The molecule has 0 fully saturated rings. The van der Waals surface area contributed by atoms with Crippen molar-refractivity contribution in [3.63, 3.8) is 0 Å². The van der Waals surface area contributed by atoms with Gasteiger partial charge in [-0.25, -0.2) is 0 Å². The number of nitrogens with one attached hydrogen (secondary N) is 1. The van der Waals surface area contributed by atoms with Gasteiger partial charge < -0.3 is 5.32 Å². The molecular weight excluding hydrogens is 347 g/mol. The summed E-state index contributed by atoms with van der Waals surface area (Å²) in [7, 11) is 0. The third kappa shape index (κ3) is 3.57. The topological polar surface area (TPSA) is 24.9 Å². The number of anilines is 1. The van der Waals surface area contributed by atoms with Gasteiger partial charge in [-0.3, -0.25) is 4.98 Å². The third-order valence-corrected chi connectivity index (χ3v) is 3.49. The van der Waals surface area contributed by atoms with Crippen LogP contribution >= 0.6 is 34.2 Å². The third-order valence-electron chi connectivity index (χ3n) is 2.36. The fourth-order valence-electron chi connectivity index (χ4n) is 1.42. The summed E-state index contributed by atoms with van der Waals surface area (Å²) in [6, 6.07) is 9.90. The lowest BCUT2D eigenvalue weighted by Crippen LogP contribution is -2.02. The van der Waals surface area contributed by atoms with Crippen LogP contribution in [0.5, 0.6) is 0 Å². The van der Waals surface area contributed by atoms with E-state index >= 15 is 0 Å². The highest BCUT2D eigenvalue weighted by Crippen LogP contribution is 2.22. The van der Waals surface area contributed by atoms with E-state index in [1.165, 1.54) is 5.56 Å². The van der Waals surface area contributed by atoms with E-state index in [4.69, 9.17) is 11.6 Å². The van der Waals surface area contributed by atoms with Gasteiger partial charge in [0.1, 0.15) is 0 Å². The maximum absolute atomic E-state index is 5.91. The summed E-state index contributed by atoms with van der Waals surface area (Å²) in [5, 5.41) is 4.11. The molecule has 1 N–H and O–H groups in total. The predicted molar refractivity (Wildman–Crippen MR) is 80.5 cm³/mol. The van der Waals surface area contributed by atoms with Crippen LogP contribution in [-0.2, 0) is 6.54 Å². The standard InChI is InChI=1S/C13H12ClIN2/c1-9-2-4-11(16-7-9)8-17-13-5-3-10(14)6-12(13)15/h2-7,17H,8H2,1H3. The molecule has 0 saturated heterocycles. The summed E-state index contributed by atoms with van der Waals surface area (Å²) in [6.07, 6.45) is 1.88. The molecule has 0 unspecified atom stereocenters. The van der Waals surface area contributed by atoms with Crippen molar-refractivity contribution in [1.29, 1.82) is 0 Å². The fraction of sp³-hybridized carbons (Fsp3) is 0.154. The Kier molecular flexibility index (Phi) is 4.23. The molecule has 2 rings (SSSR count). The molecule has 2 aromatic rings. The molecule has 1 aromatic carbocycles. The minimum absolute atomic E-state index is 0.720. The van der Waals surface area contributed by atoms with E-state index in [2.05, 4.69) is 39.0 Å². The molecule has 88 valence electrons. The minimum Gasteiger partial charge on any atom is -0.379 e. The first kappa shape index (κ1) is 12.6. The zero-order valence-corrected chi connectivity index (χ0v) is 12.3. The lowest BCUT2D eigenvalue weighted by molar-refractivity contribution is 1.03. The first-order valence-electron chi connectivity index (χ1n) is 5.25. The Labute approximate surface area is 120 Å². The zero-order valence-electron chi connectivity index (χ0n) is 9.37. The highest BCUT2D eigenvalue weighted by atomic mass is 127. The Morgan fingerprint density at radius 1 is 1.29 bits per heavy atom. The summed E-state index contributed by atoms with van der Waals surface area (Å²) in [5.74, 6) is 0. The number of nitrogens with zero attached hydrogens (tertiary/aromatic N) is 1. The van der Waals surface area contributed by atoms with Crippen LogP contribution in [0.15, 0.2) is 36.5 Å². The predicted octanol–water partition coefficient (Wildman–Crippen LogP) is 4.26. The van der Waals surface area contributed by atoms with E-state index in [9.17, 15) is 0 Å². The van der Waals surface area contributed by atoms with Crippen molar-refractivity contribution in [3.05, 3.63) is 56.4 Å². The number of hydrogen-bond donors (Lipinski definition) is 1. The van der Waals surface area contributed by atoms with Gasteiger partial charge in [-0.05, 0) is 59.3 Å². The molecule has 0 saturated carbocycles. The van der Waals surface area contributed by atoms with E-state index in [1.54, 1.807) is 0 Å². The van der Waals surface area contributed by atoms with Gasteiger partial charge in [-0.2, -0.15) is 0 Å². The maximum Gasteiger partial charge on any atom is 0.0594 e. The average molecular weight is 359 g/mol. The highest BCUT2D eigenvalue weighted by Gasteiger charge is 2.00. The summed E-state index contributed by atoms with van der Waals surface area (Å²) in [5.41, 5.74) is 3.29. The number of aromatic nitrogens is 1. The molecule has 17 heavy (non-hydrogen) atoms. The number of hydrogen-bond acceptors (Lipinski definition) is 2. The first-order chi connectivity index (χ1) is 8.15. The van der Waals surface area contributed by atoms with Crippen LogP contribution in [0, 0.1) is 10.5 Å². The molecule has 4 heteroatoms. The average Bonchev–Trinajstić information content (AvgIpc) is 2.30. The molecule has 0 radical (unpaired) electrons. The van der Waals surface area contributed by atoms with Gasteiger partial charge >= 0.3 is 0 Å². The van der Waals surface area contributed by atoms with E-state index in [-0.39, 0.29) is 0 Å². The fourth-order valence-corrected chi connectivity index (χ4v) is 2.48. The van der Waals surface area contributed by atoms with Gasteiger partial charge in [-0.1, -0.05) is 17.7 Å². The van der Waals surface area contributed by atoms with Crippen molar-refractivity contribution in [3.8, 4) is 0 Å². The van der Waals surface area contributed by atoms with Gasteiger partial charge in [0.15, 0.2) is 0 Å². The first-order valence-corrected chi connectivity index (χ1v) is 6.71. The Morgan fingerprint density at radius 2 is 2.12 bits per heavy atom. The lowest BCUT2D eigenvalue weighted by Gasteiger charge is -2.08. The van der Waals surface area contributed by atoms with Crippen LogP contribution in [0.25, 0.3) is 0 Å². The Morgan fingerprint density at radius 3 is 2.76 bits per heavy atom. The van der Waals surface area contributed by atoms with E-state index in [0.29, 0.717) is 0 Å². The van der Waals surface area contributed by atoms with E-state index in [1.807, 2.05) is 37.4 Å². The van der Waals surface area contributed by atoms with Crippen LogP contribution in [0.4, 0.5) is 5.69 Å². The SMILES string of the molecule is Cc1ccc(CNc2ccc(Cl)cc2I)nc1. The largest absolute Gasteiger partial charge is 0.379 e. The summed E-state index contributed by atoms with van der Waals surface area (Å²) < 4.78 is 1.11. The maximum atomic E-state index is 5.91. The molecule has 2 nitrogen and oxygen atoms in total. The number of halogens is 2. The second-order valence-corrected chi connectivity index (χ2v) is 5.40. The summed E-state index contributed by atoms with van der Waals surface area (Å²) in [6.45, 7) is 2.75. The molecule has 0 aliphatic rings. The smallest absolute Gasteiger partial charge is 0.0594 e. The van der Waals surface area contributed by atoms with Gasteiger partial charge in [0.25, 0.3) is 0 Å². The van der Waals surface area contributed by atoms with Crippen LogP contribution in [0.3, 0.4) is 0 Å². The number of rotatable bonds is 3. The van der Waals surface area contributed by atoms with Crippen molar-refractivity contribution in [2.45, 2.75) is 13.5 Å². The van der Waals surface area contributed by atoms with Gasteiger partial charge in [0.05, 0.1) is 12.2 Å². The molecule has 0 bridgehead atoms. The second-order valence-electron chi connectivity index (χ2n) is 3.80. The molecule has 1 heterocycles. The van der Waals surface area contributed by atoms with Crippen molar-refractivity contribution < 1.29 is 0 Å².